The number of rotatable bonds is 8. The van der Waals surface area contributed by atoms with E-state index in [-0.39, 0.29) is 19.0 Å². The van der Waals surface area contributed by atoms with Gasteiger partial charge in [-0.05, 0) is 23.3 Å². The van der Waals surface area contributed by atoms with Crippen molar-refractivity contribution in [1.82, 2.24) is 19.5 Å². The molecule has 0 spiro atoms. The summed E-state index contributed by atoms with van der Waals surface area (Å²) in [6, 6.07) is 18.8. The van der Waals surface area contributed by atoms with Crippen molar-refractivity contribution in [3.8, 4) is 6.07 Å². The van der Waals surface area contributed by atoms with E-state index >= 15 is 0 Å². The topological polar surface area (TPSA) is 164 Å². The maximum atomic E-state index is 10.9. The zero-order valence-corrected chi connectivity index (χ0v) is 19.2. The van der Waals surface area contributed by atoms with Gasteiger partial charge < -0.3 is 30.7 Å². The Morgan fingerprint density at radius 2 is 1.83 bits per heavy atom. The van der Waals surface area contributed by atoms with Crippen LogP contribution in [0.15, 0.2) is 60.9 Å². The van der Waals surface area contributed by atoms with Gasteiger partial charge in [-0.15, -0.1) is 0 Å². The first-order valence-corrected chi connectivity index (χ1v) is 11.4. The van der Waals surface area contributed by atoms with Gasteiger partial charge in [0, 0.05) is 6.54 Å². The Labute approximate surface area is 206 Å². The average Bonchev–Trinajstić information content (AvgIpc) is 3.41. The van der Waals surface area contributed by atoms with Crippen LogP contribution in [0.25, 0.3) is 11.2 Å². The summed E-state index contributed by atoms with van der Waals surface area (Å²) in [4.78, 5) is 12.9. The van der Waals surface area contributed by atoms with Gasteiger partial charge in [-0.2, -0.15) is 5.26 Å². The molecule has 4 atom stereocenters. The third kappa shape index (κ3) is 4.71. The maximum absolute atomic E-state index is 10.9. The summed E-state index contributed by atoms with van der Waals surface area (Å²) in [7, 11) is 0. The molecule has 2 aromatic heterocycles. The largest absolute Gasteiger partial charge is 0.387 e. The molecule has 0 aliphatic carbocycles. The molecule has 2 aromatic carbocycles. The molecular formula is C25H25N7O4. The van der Waals surface area contributed by atoms with Crippen LogP contribution in [0, 0.1) is 11.3 Å². The molecule has 11 heteroatoms. The van der Waals surface area contributed by atoms with Gasteiger partial charge in [0.05, 0.1) is 24.8 Å². The number of nitrogens with one attached hydrogen (secondary N) is 1. The summed E-state index contributed by atoms with van der Waals surface area (Å²) >= 11 is 0. The Hall–Kier alpha value is -4.08. The van der Waals surface area contributed by atoms with Gasteiger partial charge in [0.15, 0.2) is 23.2 Å². The van der Waals surface area contributed by atoms with Crippen molar-refractivity contribution in [2.24, 2.45) is 0 Å². The quantitative estimate of drug-likeness (QED) is 0.288. The highest BCUT2D eigenvalue weighted by Gasteiger charge is 2.45. The van der Waals surface area contributed by atoms with Crippen molar-refractivity contribution < 1.29 is 19.7 Å². The average molecular weight is 488 g/mol. The second kappa shape index (κ2) is 10.3. The molecule has 1 fully saturated rings. The van der Waals surface area contributed by atoms with E-state index in [4.69, 9.17) is 20.5 Å². The van der Waals surface area contributed by atoms with Crippen LogP contribution in [0.2, 0.25) is 0 Å². The number of nitrogens with zero attached hydrogens (tertiary/aromatic N) is 5. The lowest BCUT2D eigenvalue weighted by Gasteiger charge is -2.20. The number of aromatic nitrogens is 4. The van der Waals surface area contributed by atoms with Crippen LogP contribution in [0.1, 0.15) is 22.9 Å². The molecule has 5 N–H and O–H groups in total. The number of nitriles is 1. The lowest BCUT2D eigenvalue weighted by atomic mass is 10.1. The normalized spacial score (nSPS) is 21.5. The highest BCUT2D eigenvalue weighted by atomic mass is 16.6. The van der Waals surface area contributed by atoms with Gasteiger partial charge in [0.1, 0.15) is 24.6 Å². The standard InChI is InChI=1S/C25H25N7O4/c26-10-15-6-8-17(9-7-15)12-35-13-18-20(33)21(34)24(36-18)32-23-19(22(27)29-14-30-23)31-25(32)28-11-16-4-2-1-3-5-16/h1-9,14,18,20-21,24,33-34H,11-13H2,(H,28,31)(H2,27,29,30)/t18-,20-,21-,24-/m1/s1. The fourth-order valence-electron chi connectivity index (χ4n) is 4.12. The minimum Gasteiger partial charge on any atom is -0.387 e. The van der Waals surface area contributed by atoms with Crippen LogP contribution in [-0.2, 0) is 22.6 Å². The van der Waals surface area contributed by atoms with E-state index < -0.39 is 24.5 Å². The molecule has 184 valence electrons. The molecule has 0 saturated carbocycles. The zero-order valence-electron chi connectivity index (χ0n) is 19.2. The predicted octanol–water partition coefficient (Wildman–Crippen LogP) is 1.73. The summed E-state index contributed by atoms with van der Waals surface area (Å²) in [6.07, 6.45) is -2.93. The molecule has 0 amide bonds. The van der Waals surface area contributed by atoms with Crippen LogP contribution < -0.4 is 11.1 Å². The van der Waals surface area contributed by atoms with E-state index in [0.29, 0.717) is 29.2 Å². The number of hydrogen-bond donors (Lipinski definition) is 4. The molecule has 4 aromatic rings. The van der Waals surface area contributed by atoms with E-state index in [0.717, 1.165) is 11.1 Å². The molecular weight excluding hydrogens is 462 g/mol. The van der Waals surface area contributed by atoms with Crippen LogP contribution in [-0.4, -0.2) is 54.7 Å². The van der Waals surface area contributed by atoms with Crippen LogP contribution >= 0.6 is 0 Å². The minimum atomic E-state index is -1.26. The summed E-state index contributed by atoms with van der Waals surface area (Å²) in [5.41, 5.74) is 9.22. The number of hydrogen-bond acceptors (Lipinski definition) is 10. The molecule has 5 rings (SSSR count). The molecule has 1 saturated heterocycles. The Morgan fingerprint density at radius 3 is 2.58 bits per heavy atom. The Kier molecular flexibility index (Phi) is 6.75. The zero-order chi connectivity index (χ0) is 25.1. The molecule has 3 heterocycles. The summed E-state index contributed by atoms with van der Waals surface area (Å²) in [5, 5.41) is 33.8. The maximum Gasteiger partial charge on any atom is 0.207 e. The Balaban J connectivity index is 1.34. The van der Waals surface area contributed by atoms with Crippen molar-refractivity contribution in [2.45, 2.75) is 37.7 Å². The summed E-state index contributed by atoms with van der Waals surface area (Å²) < 4.78 is 13.4. The van der Waals surface area contributed by atoms with Crippen molar-refractivity contribution in [3.05, 3.63) is 77.6 Å². The number of imidazole rings is 1. The number of nitrogen functional groups attached to an aromatic ring is 1. The number of anilines is 2. The second-order valence-corrected chi connectivity index (χ2v) is 8.45. The van der Waals surface area contributed by atoms with E-state index in [1.165, 1.54) is 6.33 Å². The van der Waals surface area contributed by atoms with Crippen molar-refractivity contribution in [2.75, 3.05) is 17.7 Å². The van der Waals surface area contributed by atoms with Crippen molar-refractivity contribution in [3.63, 3.8) is 0 Å². The van der Waals surface area contributed by atoms with Gasteiger partial charge in [-0.3, -0.25) is 4.57 Å². The summed E-state index contributed by atoms with van der Waals surface area (Å²) in [6.45, 7) is 0.770. The molecule has 0 unspecified atom stereocenters. The van der Waals surface area contributed by atoms with Crippen LogP contribution in [0.5, 0.6) is 0 Å². The van der Waals surface area contributed by atoms with E-state index in [1.54, 1.807) is 28.8 Å². The fraction of sp³-hybridized carbons (Fsp3) is 0.280. The van der Waals surface area contributed by atoms with Crippen LogP contribution in [0.4, 0.5) is 11.8 Å². The first-order chi connectivity index (χ1) is 17.5. The number of benzene rings is 2. The molecule has 0 bridgehead atoms. The molecule has 11 nitrogen and oxygen atoms in total. The lowest BCUT2D eigenvalue weighted by molar-refractivity contribution is -0.0675. The Bertz CT molecular complexity index is 1370. The van der Waals surface area contributed by atoms with Crippen molar-refractivity contribution in [1.29, 1.82) is 5.26 Å². The van der Waals surface area contributed by atoms with Gasteiger partial charge in [0.2, 0.25) is 5.95 Å². The highest BCUT2D eigenvalue weighted by molar-refractivity contribution is 5.84. The number of aliphatic hydroxyl groups is 2. The molecule has 1 aliphatic heterocycles. The van der Waals surface area contributed by atoms with E-state index in [1.807, 2.05) is 30.3 Å². The van der Waals surface area contributed by atoms with Gasteiger partial charge >= 0.3 is 0 Å². The number of fused-ring (bicyclic) bond motifs is 1. The summed E-state index contributed by atoms with van der Waals surface area (Å²) in [5.74, 6) is 0.563. The fourth-order valence-corrected chi connectivity index (χ4v) is 4.12. The smallest absolute Gasteiger partial charge is 0.207 e. The number of aliphatic hydroxyl groups excluding tert-OH is 2. The molecule has 0 radical (unpaired) electrons. The van der Waals surface area contributed by atoms with E-state index in [2.05, 4.69) is 26.3 Å². The number of ether oxygens (including phenoxy) is 2. The predicted molar refractivity (Wildman–Crippen MR) is 130 cm³/mol. The SMILES string of the molecule is N#Cc1ccc(COC[C@H]2O[C@@H](n3c(NCc4ccccc4)nc4c(N)ncnc43)[C@H](O)[C@@H]2O)cc1. The van der Waals surface area contributed by atoms with Crippen molar-refractivity contribution >= 4 is 22.9 Å². The third-order valence-corrected chi connectivity index (χ3v) is 6.02. The van der Waals surface area contributed by atoms with Gasteiger partial charge in [-0.1, -0.05) is 42.5 Å². The second-order valence-electron chi connectivity index (χ2n) is 8.45. The Morgan fingerprint density at radius 1 is 1.06 bits per heavy atom. The highest BCUT2D eigenvalue weighted by Crippen LogP contribution is 2.35. The third-order valence-electron chi connectivity index (χ3n) is 6.02. The molecule has 1 aliphatic rings. The molecule has 36 heavy (non-hydrogen) atoms. The first-order valence-electron chi connectivity index (χ1n) is 11.4. The number of nitrogens with two attached hydrogens (primary N) is 1. The van der Waals surface area contributed by atoms with Gasteiger partial charge in [-0.25, -0.2) is 15.0 Å². The monoisotopic (exact) mass is 487 g/mol. The van der Waals surface area contributed by atoms with Gasteiger partial charge in [0.25, 0.3) is 0 Å². The minimum absolute atomic E-state index is 0.0469. The van der Waals surface area contributed by atoms with Crippen LogP contribution in [0.3, 0.4) is 0 Å². The lowest BCUT2D eigenvalue weighted by Crippen LogP contribution is -2.34. The van der Waals surface area contributed by atoms with E-state index in [9.17, 15) is 10.2 Å². The first kappa shape index (κ1) is 23.7.